The van der Waals surface area contributed by atoms with Crippen LogP contribution in [0.3, 0.4) is 0 Å². The molecule has 0 bridgehead atoms. The van der Waals surface area contributed by atoms with E-state index in [0.29, 0.717) is 5.02 Å². The lowest BCUT2D eigenvalue weighted by atomic mass is 10.1. The van der Waals surface area contributed by atoms with Gasteiger partial charge < -0.3 is 20.9 Å². The van der Waals surface area contributed by atoms with Crippen molar-refractivity contribution in [3.8, 4) is 0 Å². The van der Waals surface area contributed by atoms with E-state index in [1.807, 2.05) is 0 Å². The summed E-state index contributed by atoms with van der Waals surface area (Å²) in [5.41, 5.74) is 11.1. The number of rotatable bonds is 5. The Morgan fingerprint density at radius 2 is 1.96 bits per heavy atom. The molecule has 0 aromatic heterocycles. The summed E-state index contributed by atoms with van der Waals surface area (Å²) in [6.45, 7) is 5.04. The van der Waals surface area contributed by atoms with E-state index in [0.717, 1.165) is 4.90 Å². The van der Waals surface area contributed by atoms with Gasteiger partial charge in [0, 0.05) is 12.1 Å². The standard InChI is InChI=1S/C15H22ClN3O4/c1-15(2,3)23-14(21)19(12(8-22-4)13(18)20)11-6-5-9(16)7-10(11)17/h5-7,12H,8,17H2,1-4H3,(H2,18,20)/t12-/m0/s1. The zero-order chi connectivity index (χ0) is 17.8. The fourth-order valence-electron chi connectivity index (χ4n) is 1.89. The van der Waals surface area contributed by atoms with Crippen LogP contribution < -0.4 is 16.4 Å². The molecule has 2 amide bonds. The summed E-state index contributed by atoms with van der Waals surface area (Å²) < 4.78 is 10.3. The molecule has 1 atom stereocenters. The van der Waals surface area contributed by atoms with Crippen molar-refractivity contribution in [2.45, 2.75) is 32.4 Å². The lowest BCUT2D eigenvalue weighted by molar-refractivity contribution is -0.120. The topological polar surface area (TPSA) is 108 Å². The first-order valence-corrected chi connectivity index (χ1v) is 7.30. The van der Waals surface area contributed by atoms with Gasteiger partial charge in [0.1, 0.15) is 11.6 Å². The van der Waals surface area contributed by atoms with Gasteiger partial charge in [0.2, 0.25) is 5.91 Å². The molecule has 0 unspecified atom stereocenters. The van der Waals surface area contributed by atoms with Crippen LogP contribution in [0.1, 0.15) is 20.8 Å². The van der Waals surface area contributed by atoms with Crippen LogP contribution in [-0.2, 0) is 14.3 Å². The van der Waals surface area contributed by atoms with Gasteiger partial charge in [0.25, 0.3) is 0 Å². The zero-order valence-corrected chi connectivity index (χ0v) is 14.4. The van der Waals surface area contributed by atoms with Crippen molar-refractivity contribution < 1.29 is 19.1 Å². The molecule has 1 rings (SSSR count). The van der Waals surface area contributed by atoms with Crippen LogP contribution in [0, 0.1) is 0 Å². The fourth-order valence-corrected chi connectivity index (χ4v) is 2.07. The van der Waals surface area contributed by atoms with Crippen LogP contribution in [-0.4, -0.2) is 37.4 Å². The number of amides is 2. The molecule has 0 aliphatic rings. The third-order valence-corrected chi connectivity index (χ3v) is 3.04. The molecular weight excluding hydrogens is 322 g/mol. The Balaban J connectivity index is 3.35. The van der Waals surface area contributed by atoms with Gasteiger partial charge in [-0.25, -0.2) is 4.79 Å². The molecule has 0 fully saturated rings. The molecule has 1 aromatic rings. The Kier molecular flexibility index (Phi) is 6.23. The van der Waals surface area contributed by atoms with Crippen LogP contribution in [0.25, 0.3) is 0 Å². The number of benzene rings is 1. The summed E-state index contributed by atoms with van der Waals surface area (Å²) in [4.78, 5) is 25.4. The summed E-state index contributed by atoms with van der Waals surface area (Å²) in [5.74, 6) is -0.743. The monoisotopic (exact) mass is 343 g/mol. The Hall–Kier alpha value is -1.99. The van der Waals surface area contributed by atoms with Crippen LogP contribution in [0.15, 0.2) is 18.2 Å². The van der Waals surface area contributed by atoms with Gasteiger partial charge in [0.15, 0.2) is 0 Å². The molecule has 0 saturated heterocycles. The number of carbonyl (C=O) groups excluding carboxylic acids is 2. The maximum atomic E-state index is 12.6. The summed E-state index contributed by atoms with van der Waals surface area (Å²) in [5, 5.41) is 0.401. The molecule has 7 nitrogen and oxygen atoms in total. The minimum Gasteiger partial charge on any atom is -0.443 e. The normalized spacial score (nSPS) is 12.6. The average molecular weight is 344 g/mol. The highest BCUT2D eigenvalue weighted by atomic mass is 35.5. The Morgan fingerprint density at radius 3 is 2.39 bits per heavy atom. The predicted octanol–water partition coefficient (Wildman–Crippen LogP) is 2.16. The lowest BCUT2D eigenvalue weighted by Gasteiger charge is -2.32. The van der Waals surface area contributed by atoms with Gasteiger partial charge in [-0.2, -0.15) is 0 Å². The Morgan fingerprint density at radius 1 is 1.35 bits per heavy atom. The SMILES string of the molecule is COC[C@@H](C(N)=O)N(C(=O)OC(C)(C)C)c1ccc(Cl)cc1N. The quantitative estimate of drug-likeness (QED) is 0.796. The number of halogens is 1. The van der Waals surface area contributed by atoms with Crippen molar-refractivity contribution in [1.29, 1.82) is 0 Å². The average Bonchev–Trinajstić information content (AvgIpc) is 2.38. The molecule has 0 saturated carbocycles. The first kappa shape index (κ1) is 19.1. The second-order valence-electron chi connectivity index (χ2n) is 5.93. The first-order valence-electron chi connectivity index (χ1n) is 6.92. The van der Waals surface area contributed by atoms with E-state index in [-0.39, 0.29) is 18.0 Å². The predicted molar refractivity (Wildman–Crippen MR) is 89.4 cm³/mol. The number of nitrogen functional groups attached to an aromatic ring is 1. The lowest BCUT2D eigenvalue weighted by Crippen LogP contribution is -2.52. The van der Waals surface area contributed by atoms with E-state index in [2.05, 4.69) is 0 Å². The van der Waals surface area contributed by atoms with Crippen molar-refractivity contribution in [2.24, 2.45) is 5.73 Å². The highest BCUT2D eigenvalue weighted by Crippen LogP contribution is 2.29. The molecule has 23 heavy (non-hydrogen) atoms. The summed E-state index contributed by atoms with van der Waals surface area (Å²) in [7, 11) is 1.40. The number of methoxy groups -OCH3 is 1. The van der Waals surface area contributed by atoms with E-state index in [4.69, 9.17) is 32.5 Å². The summed E-state index contributed by atoms with van der Waals surface area (Å²) >= 11 is 5.88. The fraction of sp³-hybridized carbons (Fsp3) is 0.467. The van der Waals surface area contributed by atoms with E-state index < -0.39 is 23.6 Å². The second kappa shape index (κ2) is 7.52. The van der Waals surface area contributed by atoms with Crippen molar-refractivity contribution in [1.82, 2.24) is 0 Å². The van der Waals surface area contributed by atoms with Gasteiger partial charge in [-0.05, 0) is 39.0 Å². The summed E-state index contributed by atoms with van der Waals surface area (Å²) in [6, 6.07) is 3.47. The van der Waals surface area contributed by atoms with Crippen LogP contribution in [0.4, 0.5) is 16.2 Å². The van der Waals surface area contributed by atoms with Crippen molar-refractivity contribution in [3.05, 3.63) is 23.2 Å². The van der Waals surface area contributed by atoms with Crippen molar-refractivity contribution in [3.63, 3.8) is 0 Å². The third kappa shape index (κ3) is 5.30. The molecule has 128 valence electrons. The number of hydrogen-bond donors (Lipinski definition) is 2. The number of anilines is 2. The number of carbonyl (C=O) groups is 2. The minimum absolute atomic E-state index is 0.101. The number of hydrogen-bond acceptors (Lipinski definition) is 5. The van der Waals surface area contributed by atoms with E-state index >= 15 is 0 Å². The van der Waals surface area contributed by atoms with E-state index in [9.17, 15) is 9.59 Å². The van der Waals surface area contributed by atoms with Gasteiger partial charge in [-0.3, -0.25) is 9.69 Å². The zero-order valence-electron chi connectivity index (χ0n) is 13.6. The van der Waals surface area contributed by atoms with Gasteiger partial charge in [-0.15, -0.1) is 0 Å². The van der Waals surface area contributed by atoms with Gasteiger partial charge in [-0.1, -0.05) is 11.6 Å². The van der Waals surface area contributed by atoms with Crippen LogP contribution >= 0.6 is 11.6 Å². The maximum absolute atomic E-state index is 12.6. The van der Waals surface area contributed by atoms with Crippen molar-refractivity contribution in [2.75, 3.05) is 24.4 Å². The number of ether oxygens (including phenoxy) is 2. The molecule has 0 aliphatic heterocycles. The third-order valence-electron chi connectivity index (χ3n) is 2.80. The molecule has 0 radical (unpaired) electrons. The molecule has 1 aromatic carbocycles. The number of nitrogens with zero attached hydrogens (tertiary/aromatic N) is 1. The number of nitrogens with two attached hydrogens (primary N) is 2. The van der Waals surface area contributed by atoms with E-state index in [1.165, 1.54) is 19.2 Å². The Labute approximate surface area is 140 Å². The maximum Gasteiger partial charge on any atom is 0.415 e. The van der Waals surface area contributed by atoms with Crippen LogP contribution in [0.5, 0.6) is 0 Å². The minimum atomic E-state index is -1.07. The largest absolute Gasteiger partial charge is 0.443 e. The molecule has 8 heteroatoms. The molecule has 4 N–H and O–H groups in total. The van der Waals surface area contributed by atoms with Gasteiger partial charge >= 0.3 is 6.09 Å². The van der Waals surface area contributed by atoms with E-state index in [1.54, 1.807) is 26.8 Å². The molecule has 0 heterocycles. The summed E-state index contributed by atoms with van der Waals surface area (Å²) in [6.07, 6.45) is -0.757. The number of primary amides is 1. The van der Waals surface area contributed by atoms with Crippen LogP contribution in [0.2, 0.25) is 5.02 Å². The molecular formula is C15H22ClN3O4. The van der Waals surface area contributed by atoms with Crippen molar-refractivity contribution >= 4 is 35.0 Å². The first-order chi connectivity index (χ1) is 10.6. The Bertz CT molecular complexity index is 587. The highest BCUT2D eigenvalue weighted by molar-refractivity contribution is 6.31. The second-order valence-corrected chi connectivity index (χ2v) is 6.36. The molecule has 0 aliphatic carbocycles. The highest BCUT2D eigenvalue weighted by Gasteiger charge is 2.34. The van der Waals surface area contributed by atoms with Gasteiger partial charge in [0.05, 0.1) is 18.0 Å². The molecule has 0 spiro atoms. The smallest absolute Gasteiger partial charge is 0.415 e.